The number of carbonyl (C=O) groups is 1. The van der Waals surface area contributed by atoms with Crippen molar-refractivity contribution in [3.63, 3.8) is 0 Å². The summed E-state index contributed by atoms with van der Waals surface area (Å²) in [5.74, 6) is 0.357. The van der Waals surface area contributed by atoms with Gasteiger partial charge in [-0.05, 0) is 37.7 Å². The Labute approximate surface area is 144 Å². The van der Waals surface area contributed by atoms with E-state index in [4.69, 9.17) is 4.74 Å². The van der Waals surface area contributed by atoms with E-state index in [2.05, 4.69) is 40.1 Å². The van der Waals surface area contributed by atoms with Crippen LogP contribution in [-0.4, -0.2) is 60.1 Å². The van der Waals surface area contributed by atoms with Crippen LogP contribution in [0.5, 0.6) is 0 Å². The molecule has 1 aromatic carbocycles. The van der Waals surface area contributed by atoms with Crippen molar-refractivity contribution in [3.05, 3.63) is 35.9 Å². The number of benzene rings is 1. The minimum absolute atomic E-state index is 0.0114. The van der Waals surface area contributed by atoms with Gasteiger partial charge in [0.2, 0.25) is 5.91 Å². The van der Waals surface area contributed by atoms with E-state index in [0.29, 0.717) is 11.9 Å². The van der Waals surface area contributed by atoms with Gasteiger partial charge in [0.1, 0.15) is 0 Å². The predicted octanol–water partition coefficient (Wildman–Crippen LogP) is 2.48. The molecule has 4 heteroatoms. The number of nitrogens with zero attached hydrogens (tertiary/aromatic N) is 2. The minimum Gasteiger partial charge on any atom is -0.373 e. The number of rotatable bonds is 4. The summed E-state index contributed by atoms with van der Waals surface area (Å²) in [5, 5.41) is 0. The molecule has 0 aliphatic carbocycles. The van der Waals surface area contributed by atoms with Crippen LogP contribution in [-0.2, 0) is 16.0 Å². The zero-order chi connectivity index (χ0) is 16.4. The summed E-state index contributed by atoms with van der Waals surface area (Å²) in [7, 11) is 0. The van der Waals surface area contributed by atoms with Crippen LogP contribution in [0.1, 0.15) is 37.7 Å². The Bertz CT molecular complexity index is 576. The van der Waals surface area contributed by atoms with Crippen molar-refractivity contribution >= 4 is 5.91 Å². The Hall–Kier alpha value is -1.39. The lowest BCUT2D eigenvalue weighted by Crippen LogP contribution is -2.50. The summed E-state index contributed by atoms with van der Waals surface area (Å²) in [5.41, 5.74) is 1.39. The fraction of sp³-hybridized carbons (Fsp3) is 0.650. The molecule has 3 aliphatic rings. The van der Waals surface area contributed by atoms with Crippen molar-refractivity contribution in [1.82, 2.24) is 9.80 Å². The Morgan fingerprint density at radius 1 is 1.21 bits per heavy atom. The van der Waals surface area contributed by atoms with Gasteiger partial charge in [0.15, 0.2) is 0 Å². The number of ether oxygens (including phenoxy) is 1. The van der Waals surface area contributed by atoms with Gasteiger partial charge < -0.3 is 14.5 Å². The molecule has 24 heavy (non-hydrogen) atoms. The highest BCUT2D eigenvalue weighted by Gasteiger charge is 2.45. The van der Waals surface area contributed by atoms with E-state index in [1.807, 2.05) is 0 Å². The van der Waals surface area contributed by atoms with Crippen LogP contribution in [0.15, 0.2) is 30.3 Å². The molecule has 3 aliphatic heterocycles. The average molecular weight is 328 g/mol. The molecule has 3 heterocycles. The van der Waals surface area contributed by atoms with E-state index in [1.165, 1.54) is 5.56 Å². The lowest BCUT2D eigenvalue weighted by molar-refractivity contribution is -0.137. The fourth-order valence-electron chi connectivity index (χ4n) is 4.66. The second-order valence-electron chi connectivity index (χ2n) is 7.63. The van der Waals surface area contributed by atoms with Gasteiger partial charge in [-0.2, -0.15) is 0 Å². The zero-order valence-electron chi connectivity index (χ0n) is 14.5. The standard InChI is InChI=1S/C20H28N2O2/c23-19-7-4-11-22(19)18-9-14-24-20(15-18)10-13-21(16-20)12-8-17-5-2-1-3-6-17/h1-3,5-6,18H,4,7-16H2/t18-,20-/m1/s1. The second kappa shape index (κ2) is 6.85. The molecule has 0 radical (unpaired) electrons. The van der Waals surface area contributed by atoms with Gasteiger partial charge in [-0.15, -0.1) is 0 Å². The molecule has 1 spiro atoms. The first-order valence-corrected chi connectivity index (χ1v) is 9.44. The lowest BCUT2D eigenvalue weighted by atomic mass is 9.89. The van der Waals surface area contributed by atoms with Crippen molar-refractivity contribution in [2.45, 2.75) is 50.2 Å². The highest BCUT2D eigenvalue weighted by Crippen LogP contribution is 2.37. The van der Waals surface area contributed by atoms with Crippen LogP contribution in [0.4, 0.5) is 0 Å². The predicted molar refractivity (Wildman–Crippen MR) is 93.9 cm³/mol. The van der Waals surface area contributed by atoms with Crippen LogP contribution in [0.3, 0.4) is 0 Å². The molecule has 3 fully saturated rings. The molecule has 4 rings (SSSR count). The van der Waals surface area contributed by atoms with Crippen LogP contribution < -0.4 is 0 Å². The minimum atomic E-state index is -0.0114. The first kappa shape index (κ1) is 16.1. The van der Waals surface area contributed by atoms with Crippen molar-refractivity contribution in [2.24, 2.45) is 0 Å². The first-order valence-electron chi connectivity index (χ1n) is 9.44. The van der Waals surface area contributed by atoms with E-state index in [9.17, 15) is 4.79 Å². The Morgan fingerprint density at radius 3 is 2.88 bits per heavy atom. The highest BCUT2D eigenvalue weighted by atomic mass is 16.5. The van der Waals surface area contributed by atoms with Gasteiger partial charge in [-0.1, -0.05) is 30.3 Å². The molecule has 2 atom stereocenters. The molecular weight excluding hydrogens is 300 g/mol. The molecule has 130 valence electrons. The quantitative estimate of drug-likeness (QED) is 0.851. The SMILES string of the molecule is O=C1CCCN1[C@@H]1CCO[C@]2(CCN(CCc3ccccc3)C2)C1. The van der Waals surface area contributed by atoms with Crippen LogP contribution in [0, 0.1) is 0 Å². The van der Waals surface area contributed by atoms with E-state index < -0.39 is 0 Å². The molecule has 1 amide bonds. The largest absolute Gasteiger partial charge is 0.373 e. The molecule has 0 bridgehead atoms. The smallest absolute Gasteiger partial charge is 0.222 e. The van der Waals surface area contributed by atoms with Crippen molar-refractivity contribution in [2.75, 3.05) is 32.8 Å². The monoisotopic (exact) mass is 328 g/mol. The summed E-state index contributed by atoms with van der Waals surface area (Å²) in [6.45, 7) is 5.01. The maximum absolute atomic E-state index is 12.1. The average Bonchev–Trinajstić information content (AvgIpc) is 3.21. The third-order valence-electron chi connectivity index (χ3n) is 5.97. The highest BCUT2D eigenvalue weighted by molar-refractivity contribution is 5.78. The number of hydrogen-bond donors (Lipinski definition) is 0. The fourth-order valence-corrected chi connectivity index (χ4v) is 4.66. The number of likely N-dealkylation sites (tertiary alicyclic amines) is 2. The topological polar surface area (TPSA) is 32.8 Å². The van der Waals surface area contributed by atoms with E-state index >= 15 is 0 Å². The van der Waals surface area contributed by atoms with Crippen LogP contribution in [0.2, 0.25) is 0 Å². The molecule has 0 N–H and O–H groups in total. The summed E-state index contributed by atoms with van der Waals surface area (Å²) < 4.78 is 6.25. The van der Waals surface area contributed by atoms with Gasteiger partial charge in [0.05, 0.1) is 5.60 Å². The molecule has 4 nitrogen and oxygen atoms in total. The van der Waals surface area contributed by atoms with Gasteiger partial charge in [0.25, 0.3) is 0 Å². The van der Waals surface area contributed by atoms with E-state index in [0.717, 1.165) is 71.3 Å². The van der Waals surface area contributed by atoms with Gasteiger partial charge in [-0.3, -0.25) is 4.79 Å². The Morgan fingerprint density at radius 2 is 2.08 bits per heavy atom. The summed E-state index contributed by atoms with van der Waals surface area (Å²) in [6.07, 6.45) is 6.03. The third-order valence-corrected chi connectivity index (χ3v) is 5.97. The van der Waals surface area contributed by atoms with E-state index in [1.54, 1.807) is 0 Å². The van der Waals surface area contributed by atoms with Crippen LogP contribution in [0.25, 0.3) is 0 Å². The number of carbonyl (C=O) groups excluding carboxylic acids is 1. The van der Waals surface area contributed by atoms with Gasteiger partial charge in [-0.25, -0.2) is 0 Å². The second-order valence-corrected chi connectivity index (χ2v) is 7.63. The normalized spacial score (nSPS) is 31.2. The Kier molecular flexibility index (Phi) is 4.59. The summed E-state index contributed by atoms with van der Waals surface area (Å²) in [4.78, 5) is 16.8. The van der Waals surface area contributed by atoms with Crippen molar-refractivity contribution in [3.8, 4) is 0 Å². The molecular formula is C20H28N2O2. The summed E-state index contributed by atoms with van der Waals surface area (Å²) in [6, 6.07) is 11.1. The van der Waals surface area contributed by atoms with Crippen LogP contribution >= 0.6 is 0 Å². The molecule has 1 aromatic rings. The number of amides is 1. The Balaban J connectivity index is 1.33. The maximum atomic E-state index is 12.1. The lowest BCUT2D eigenvalue weighted by Gasteiger charge is -2.41. The zero-order valence-corrected chi connectivity index (χ0v) is 14.5. The molecule has 0 saturated carbocycles. The molecule has 0 aromatic heterocycles. The third kappa shape index (κ3) is 3.35. The first-order chi connectivity index (χ1) is 11.7. The van der Waals surface area contributed by atoms with Crippen molar-refractivity contribution in [1.29, 1.82) is 0 Å². The summed E-state index contributed by atoms with van der Waals surface area (Å²) >= 11 is 0. The van der Waals surface area contributed by atoms with Gasteiger partial charge >= 0.3 is 0 Å². The molecule has 3 saturated heterocycles. The van der Waals surface area contributed by atoms with Crippen molar-refractivity contribution < 1.29 is 9.53 Å². The van der Waals surface area contributed by atoms with Gasteiger partial charge in [0, 0.05) is 45.2 Å². The molecule has 0 unspecified atom stereocenters. The maximum Gasteiger partial charge on any atom is 0.222 e. The van der Waals surface area contributed by atoms with E-state index in [-0.39, 0.29) is 5.60 Å². The number of hydrogen-bond acceptors (Lipinski definition) is 3.